The number of hydrogen-bond donors (Lipinski definition) is 2. The Morgan fingerprint density at radius 3 is 2.68 bits per heavy atom. The van der Waals surface area contributed by atoms with E-state index in [1.54, 1.807) is 12.3 Å². The van der Waals surface area contributed by atoms with Gasteiger partial charge in [0.25, 0.3) is 0 Å². The van der Waals surface area contributed by atoms with Gasteiger partial charge in [0.1, 0.15) is 29.4 Å². The fourth-order valence-electron chi connectivity index (χ4n) is 1.89. The summed E-state index contributed by atoms with van der Waals surface area (Å²) in [6.07, 6.45) is 3.12. The highest BCUT2D eigenvalue weighted by atomic mass is 19.1. The Hall–Kier alpha value is -2.50. The van der Waals surface area contributed by atoms with Crippen LogP contribution < -0.4 is 5.32 Å². The Labute approximate surface area is 107 Å². The van der Waals surface area contributed by atoms with Gasteiger partial charge < -0.3 is 10.3 Å². The third kappa shape index (κ3) is 2.12. The Kier molecular flexibility index (Phi) is 2.83. The molecule has 6 heteroatoms. The van der Waals surface area contributed by atoms with Gasteiger partial charge in [-0.15, -0.1) is 0 Å². The predicted octanol–water partition coefficient (Wildman–Crippen LogP) is 2.85. The number of nitrogens with one attached hydrogen (secondary N) is 2. The predicted molar refractivity (Wildman–Crippen MR) is 67.6 cm³/mol. The standard InChI is InChI=1S/C13H10F2N4/c14-10-2-1-3-11(15)9(10)6-17-13-8-4-5-16-12(8)18-7-19-13/h1-5,7H,6H2,(H2,16,17,18,19). The number of fused-ring (bicyclic) bond motifs is 1. The van der Waals surface area contributed by atoms with Gasteiger partial charge in [0.2, 0.25) is 0 Å². The Morgan fingerprint density at radius 2 is 1.89 bits per heavy atom. The van der Waals surface area contributed by atoms with Gasteiger partial charge in [0.15, 0.2) is 0 Å². The summed E-state index contributed by atoms with van der Waals surface area (Å²) in [6, 6.07) is 5.59. The van der Waals surface area contributed by atoms with E-state index in [1.165, 1.54) is 24.5 Å². The maximum absolute atomic E-state index is 13.5. The molecular weight excluding hydrogens is 250 g/mol. The summed E-state index contributed by atoms with van der Waals surface area (Å²) in [7, 11) is 0. The van der Waals surface area contributed by atoms with E-state index in [4.69, 9.17) is 0 Å². The Morgan fingerprint density at radius 1 is 1.11 bits per heavy atom. The van der Waals surface area contributed by atoms with E-state index in [1.807, 2.05) is 0 Å². The van der Waals surface area contributed by atoms with Crippen LogP contribution in [-0.4, -0.2) is 15.0 Å². The van der Waals surface area contributed by atoms with Crippen molar-refractivity contribution in [3.05, 3.63) is 54.0 Å². The monoisotopic (exact) mass is 260 g/mol. The molecule has 3 aromatic rings. The number of hydrogen-bond acceptors (Lipinski definition) is 3. The van der Waals surface area contributed by atoms with Crippen LogP contribution in [0.2, 0.25) is 0 Å². The lowest BCUT2D eigenvalue weighted by atomic mass is 10.2. The van der Waals surface area contributed by atoms with Crippen LogP contribution in [0.1, 0.15) is 5.56 Å². The summed E-state index contributed by atoms with van der Waals surface area (Å²) < 4.78 is 27.0. The van der Waals surface area contributed by atoms with Gasteiger partial charge in [-0.1, -0.05) is 6.07 Å². The van der Waals surface area contributed by atoms with Crippen molar-refractivity contribution in [1.82, 2.24) is 15.0 Å². The minimum atomic E-state index is -0.577. The molecule has 2 heterocycles. The molecule has 2 aromatic heterocycles. The summed E-state index contributed by atoms with van der Waals surface area (Å²) in [5.41, 5.74) is 0.663. The van der Waals surface area contributed by atoms with Crippen molar-refractivity contribution in [3.8, 4) is 0 Å². The highest BCUT2D eigenvalue weighted by Gasteiger charge is 2.09. The van der Waals surface area contributed by atoms with E-state index in [0.29, 0.717) is 11.5 Å². The molecule has 0 saturated carbocycles. The maximum Gasteiger partial charge on any atom is 0.142 e. The molecule has 19 heavy (non-hydrogen) atoms. The first-order valence-electron chi connectivity index (χ1n) is 5.70. The Bertz CT molecular complexity index is 703. The zero-order valence-corrected chi connectivity index (χ0v) is 9.82. The molecule has 0 bridgehead atoms. The van der Waals surface area contributed by atoms with E-state index < -0.39 is 11.6 Å². The number of halogens is 2. The molecule has 3 rings (SSSR count). The van der Waals surface area contributed by atoms with Crippen LogP contribution in [0.3, 0.4) is 0 Å². The molecule has 4 nitrogen and oxygen atoms in total. The van der Waals surface area contributed by atoms with Crippen molar-refractivity contribution in [3.63, 3.8) is 0 Å². The van der Waals surface area contributed by atoms with Gasteiger partial charge in [-0.3, -0.25) is 0 Å². The van der Waals surface area contributed by atoms with E-state index in [0.717, 1.165) is 5.39 Å². The van der Waals surface area contributed by atoms with E-state index in [-0.39, 0.29) is 12.1 Å². The number of aromatic nitrogens is 3. The van der Waals surface area contributed by atoms with Gasteiger partial charge in [-0.05, 0) is 18.2 Å². The molecule has 0 spiro atoms. The number of anilines is 1. The van der Waals surface area contributed by atoms with Crippen molar-refractivity contribution >= 4 is 16.9 Å². The lowest BCUT2D eigenvalue weighted by Gasteiger charge is -2.08. The van der Waals surface area contributed by atoms with Crippen LogP contribution in [0.5, 0.6) is 0 Å². The molecule has 0 fully saturated rings. The maximum atomic E-state index is 13.5. The third-order valence-corrected chi connectivity index (χ3v) is 2.85. The van der Waals surface area contributed by atoms with Crippen LogP contribution >= 0.6 is 0 Å². The summed E-state index contributed by atoms with van der Waals surface area (Å²) in [5.74, 6) is -0.618. The number of benzene rings is 1. The molecule has 1 aromatic carbocycles. The molecule has 96 valence electrons. The summed E-state index contributed by atoms with van der Waals surface area (Å²) in [6.45, 7) is 0.0236. The normalized spacial score (nSPS) is 10.8. The molecule has 2 N–H and O–H groups in total. The van der Waals surface area contributed by atoms with E-state index >= 15 is 0 Å². The fraction of sp³-hybridized carbons (Fsp3) is 0.0769. The molecule has 0 aliphatic rings. The SMILES string of the molecule is Fc1cccc(F)c1CNc1ncnc2[nH]ccc12. The van der Waals surface area contributed by atoms with Crippen molar-refractivity contribution in [2.24, 2.45) is 0 Å². The number of nitrogens with zero attached hydrogens (tertiary/aromatic N) is 2. The van der Waals surface area contributed by atoms with Crippen LogP contribution in [-0.2, 0) is 6.54 Å². The fourth-order valence-corrected chi connectivity index (χ4v) is 1.89. The lowest BCUT2D eigenvalue weighted by molar-refractivity contribution is 0.560. The largest absolute Gasteiger partial charge is 0.365 e. The zero-order valence-electron chi connectivity index (χ0n) is 9.82. The van der Waals surface area contributed by atoms with Crippen molar-refractivity contribution < 1.29 is 8.78 Å². The summed E-state index contributed by atoms with van der Waals surface area (Å²) in [5, 5.41) is 3.70. The second-order valence-corrected chi connectivity index (χ2v) is 4.02. The minimum absolute atomic E-state index is 0.00945. The van der Waals surface area contributed by atoms with Gasteiger partial charge in [0, 0.05) is 18.3 Å². The topological polar surface area (TPSA) is 53.6 Å². The first-order valence-corrected chi connectivity index (χ1v) is 5.70. The van der Waals surface area contributed by atoms with Crippen molar-refractivity contribution in [2.45, 2.75) is 6.54 Å². The Balaban J connectivity index is 1.88. The van der Waals surface area contributed by atoms with Gasteiger partial charge in [-0.25, -0.2) is 18.7 Å². The highest BCUT2D eigenvalue weighted by molar-refractivity contribution is 5.86. The van der Waals surface area contributed by atoms with Gasteiger partial charge in [0.05, 0.1) is 5.39 Å². The van der Waals surface area contributed by atoms with Crippen molar-refractivity contribution in [2.75, 3.05) is 5.32 Å². The first kappa shape index (κ1) is 11.6. The smallest absolute Gasteiger partial charge is 0.142 e. The lowest BCUT2D eigenvalue weighted by Crippen LogP contribution is -2.06. The first-order chi connectivity index (χ1) is 9.25. The molecule has 0 atom stereocenters. The van der Waals surface area contributed by atoms with Crippen LogP contribution in [0.25, 0.3) is 11.0 Å². The average Bonchev–Trinajstić information content (AvgIpc) is 2.87. The number of H-pyrrole nitrogens is 1. The van der Waals surface area contributed by atoms with E-state index in [9.17, 15) is 8.78 Å². The second-order valence-electron chi connectivity index (χ2n) is 4.02. The van der Waals surface area contributed by atoms with Crippen LogP contribution in [0, 0.1) is 11.6 Å². The summed E-state index contributed by atoms with van der Waals surface area (Å²) in [4.78, 5) is 11.0. The molecule has 0 unspecified atom stereocenters. The number of rotatable bonds is 3. The summed E-state index contributed by atoms with van der Waals surface area (Å²) >= 11 is 0. The molecule has 0 aliphatic heterocycles. The molecule has 0 saturated heterocycles. The molecule has 0 amide bonds. The second kappa shape index (κ2) is 4.64. The third-order valence-electron chi connectivity index (χ3n) is 2.85. The minimum Gasteiger partial charge on any atom is -0.365 e. The van der Waals surface area contributed by atoms with Gasteiger partial charge >= 0.3 is 0 Å². The average molecular weight is 260 g/mol. The van der Waals surface area contributed by atoms with Crippen LogP contribution in [0.4, 0.5) is 14.6 Å². The van der Waals surface area contributed by atoms with Crippen molar-refractivity contribution in [1.29, 1.82) is 0 Å². The van der Waals surface area contributed by atoms with Crippen LogP contribution in [0.15, 0.2) is 36.8 Å². The molecule has 0 aliphatic carbocycles. The highest BCUT2D eigenvalue weighted by Crippen LogP contribution is 2.19. The molecule has 0 radical (unpaired) electrons. The van der Waals surface area contributed by atoms with E-state index in [2.05, 4.69) is 20.3 Å². The van der Waals surface area contributed by atoms with Gasteiger partial charge in [-0.2, -0.15) is 0 Å². The zero-order chi connectivity index (χ0) is 13.2. The molecular formula is C13H10F2N4. The number of aromatic amines is 1. The quantitative estimate of drug-likeness (QED) is 0.761.